The molecule has 0 saturated carbocycles. The Hall–Kier alpha value is -1.91. The molecule has 4 nitrogen and oxygen atoms in total. The number of halogens is 1. The number of amides is 1. The highest BCUT2D eigenvalue weighted by molar-refractivity contribution is 5.97. The van der Waals surface area contributed by atoms with Crippen LogP contribution in [0.3, 0.4) is 0 Å². The molecule has 1 aromatic rings. The first-order valence-electron chi connectivity index (χ1n) is 6.40. The molecule has 0 aromatic heterocycles. The van der Waals surface area contributed by atoms with E-state index in [0.717, 1.165) is 5.56 Å². The number of ether oxygens (including phenoxy) is 1. The molecule has 0 spiro atoms. The largest absolute Gasteiger partial charge is 0.458 e. The van der Waals surface area contributed by atoms with Gasteiger partial charge in [0, 0.05) is 0 Å². The maximum absolute atomic E-state index is 13.6. The lowest BCUT2D eigenvalue weighted by atomic mass is 10.1. The van der Waals surface area contributed by atoms with Crippen molar-refractivity contribution in [2.24, 2.45) is 0 Å². The first-order chi connectivity index (χ1) is 9.10. The molecule has 1 N–H and O–H groups in total. The molecule has 0 fully saturated rings. The van der Waals surface area contributed by atoms with Gasteiger partial charge in [-0.1, -0.05) is 11.6 Å². The summed E-state index contributed by atoms with van der Waals surface area (Å²) in [5.41, 5.74) is 0.0480. The molecule has 0 aliphatic rings. The van der Waals surface area contributed by atoms with Crippen LogP contribution >= 0.6 is 0 Å². The lowest BCUT2D eigenvalue weighted by molar-refractivity contribution is -0.156. The minimum atomic E-state index is -0.846. The van der Waals surface area contributed by atoms with Crippen LogP contribution in [0.25, 0.3) is 0 Å². The zero-order chi connectivity index (χ0) is 15.5. The van der Waals surface area contributed by atoms with Crippen LogP contribution in [0.4, 0.5) is 4.39 Å². The standard InChI is InChI=1S/C15H20FNO3/c1-9-6-7-12(16)11(8-9)13(18)17-10(2)14(19)20-15(3,4)5/h6-8,10H,1-5H3,(H,17,18)/t10-/m0/s1. The fourth-order valence-electron chi connectivity index (χ4n) is 1.54. The van der Waals surface area contributed by atoms with E-state index in [1.807, 2.05) is 0 Å². The van der Waals surface area contributed by atoms with E-state index in [1.165, 1.54) is 19.1 Å². The van der Waals surface area contributed by atoms with Crippen molar-refractivity contribution in [1.29, 1.82) is 0 Å². The SMILES string of the molecule is Cc1ccc(F)c(C(=O)N[C@@H](C)C(=O)OC(C)(C)C)c1. The van der Waals surface area contributed by atoms with Crippen LogP contribution in [-0.2, 0) is 9.53 Å². The topological polar surface area (TPSA) is 55.4 Å². The molecule has 0 radical (unpaired) electrons. The number of benzene rings is 1. The highest BCUT2D eigenvalue weighted by Crippen LogP contribution is 2.11. The molecular weight excluding hydrogens is 261 g/mol. The van der Waals surface area contributed by atoms with Gasteiger partial charge in [-0.15, -0.1) is 0 Å². The molecule has 0 aliphatic heterocycles. The van der Waals surface area contributed by atoms with Crippen LogP contribution in [-0.4, -0.2) is 23.5 Å². The van der Waals surface area contributed by atoms with E-state index >= 15 is 0 Å². The number of aryl methyl sites for hydroxylation is 1. The molecule has 1 amide bonds. The molecule has 5 heteroatoms. The normalized spacial score (nSPS) is 12.7. The molecule has 0 unspecified atom stereocenters. The average molecular weight is 281 g/mol. The average Bonchev–Trinajstić information content (AvgIpc) is 2.29. The van der Waals surface area contributed by atoms with Gasteiger partial charge in [0.25, 0.3) is 5.91 Å². The Morgan fingerprint density at radius 3 is 2.45 bits per heavy atom. The Morgan fingerprint density at radius 1 is 1.30 bits per heavy atom. The third-order valence-electron chi connectivity index (χ3n) is 2.47. The summed E-state index contributed by atoms with van der Waals surface area (Å²) in [5, 5.41) is 2.43. The van der Waals surface area contributed by atoms with Crippen LogP contribution in [0, 0.1) is 12.7 Å². The van der Waals surface area contributed by atoms with Crippen molar-refractivity contribution in [2.75, 3.05) is 0 Å². The number of esters is 1. The van der Waals surface area contributed by atoms with Crippen molar-refractivity contribution >= 4 is 11.9 Å². The summed E-state index contributed by atoms with van der Waals surface area (Å²) in [4.78, 5) is 23.7. The summed E-state index contributed by atoms with van der Waals surface area (Å²) in [6.07, 6.45) is 0. The highest BCUT2D eigenvalue weighted by atomic mass is 19.1. The minimum Gasteiger partial charge on any atom is -0.458 e. The first-order valence-corrected chi connectivity index (χ1v) is 6.40. The van der Waals surface area contributed by atoms with Gasteiger partial charge >= 0.3 is 5.97 Å². The van der Waals surface area contributed by atoms with Crippen LogP contribution in [0.1, 0.15) is 43.6 Å². The zero-order valence-corrected chi connectivity index (χ0v) is 12.4. The van der Waals surface area contributed by atoms with Crippen LogP contribution in [0.15, 0.2) is 18.2 Å². The fourth-order valence-corrected chi connectivity index (χ4v) is 1.54. The van der Waals surface area contributed by atoms with Gasteiger partial charge in [-0.05, 0) is 46.8 Å². The molecule has 1 atom stereocenters. The molecular formula is C15H20FNO3. The van der Waals surface area contributed by atoms with Crippen LogP contribution in [0.2, 0.25) is 0 Å². The Balaban J connectivity index is 2.75. The molecule has 0 aliphatic carbocycles. The zero-order valence-electron chi connectivity index (χ0n) is 12.4. The first kappa shape index (κ1) is 16.1. The maximum atomic E-state index is 13.6. The van der Waals surface area contributed by atoms with Gasteiger partial charge in [-0.25, -0.2) is 9.18 Å². The van der Waals surface area contributed by atoms with E-state index in [2.05, 4.69) is 5.32 Å². The lowest BCUT2D eigenvalue weighted by Gasteiger charge is -2.22. The van der Waals surface area contributed by atoms with E-state index in [-0.39, 0.29) is 5.56 Å². The molecule has 0 heterocycles. The van der Waals surface area contributed by atoms with Gasteiger partial charge in [-0.2, -0.15) is 0 Å². The summed E-state index contributed by atoms with van der Waals surface area (Å²) in [6.45, 7) is 8.46. The number of hydrogen-bond acceptors (Lipinski definition) is 3. The predicted molar refractivity (Wildman–Crippen MR) is 73.9 cm³/mol. The summed E-state index contributed by atoms with van der Waals surface area (Å²) >= 11 is 0. The van der Waals surface area contributed by atoms with Crippen molar-refractivity contribution in [3.05, 3.63) is 35.1 Å². The summed E-state index contributed by atoms with van der Waals surface area (Å²) < 4.78 is 18.7. The fraction of sp³-hybridized carbons (Fsp3) is 0.467. The van der Waals surface area contributed by atoms with Gasteiger partial charge in [0.15, 0.2) is 0 Å². The van der Waals surface area contributed by atoms with Gasteiger partial charge in [0.1, 0.15) is 17.5 Å². The van der Waals surface area contributed by atoms with Crippen LogP contribution in [0.5, 0.6) is 0 Å². The van der Waals surface area contributed by atoms with Crippen molar-refractivity contribution in [1.82, 2.24) is 5.32 Å². The Kier molecular flexibility index (Phi) is 4.87. The van der Waals surface area contributed by atoms with Crippen molar-refractivity contribution < 1.29 is 18.7 Å². The van der Waals surface area contributed by atoms with Crippen molar-refractivity contribution in [2.45, 2.75) is 46.3 Å². The van der Waals surface area contributed by atoms with Crippen LogP contribution < -0.4 is 5.32 Å². The van der Waals surface area contributed by atoms with E-state index in [1.54, 1.807) is 33.8 Å². The molecule has 1 rings (SSSR count). The number of rotatable bonds is 3. The molecule has 20 heavy (non-hydrogen) atoms. The third kappa shape index (κ3) is 4.64. The third-order valence-corrected chi connectivity index (χ3v) is 2.47. The molecule has 0 saturated heterocycles. The number of nitrogens with one attached hydrogen (secondary N) is 1. The quantitative estimate of drug-likeness (QED) is 0.866. The Labute approximate surface area is 118 Å². The molecule has 0 bridgehead atoms. The second-order valence-corrected chi connectivity index (χ2v) is 5.71. The second kappa shape index (κ2) is 6.03. The smallest absolute Gasteiger partial charge is 0.328 e. The Bertz CT molecular complexity index is 520. The van der Waals surface area contributed by atoms with E-state index in [4.69, 9.17) is 4.74 Å². The number of carbonyl (C=O) groups is 2. The van der Waals surface area contributed by atoms with E-state index in [0.29, 0.717) is 0 Å². The number of carbonyl (C=O) groups excluding carboxylic acids is 2. The summed E-state index contributed by atoms with van der Waals surface area (Å²) in [5.74, 6) is -1.81. The highest BCUT2D eigenvalue weighted by Gasteiger charge is 2.24. The monoisotopic (exact) mass is 281 g/mol. The molecule has 110 valence electrons. The van der Waals surface area contributed by atoms with Gasteiger partial charge in [0.05, 0.1) is 5.56 Å². The number of hydrogen-bond donors (Lipinski definition) is 1. The Morgan fingerprint density at radius 2 is 1.90 bits per heavy atom. The maximum Gasteiger partial charge on any atom is 0.328 e. The lowest BCUT2D eigenvalue weighted by Crippen LogP contribution is -2.42. The van der Waals surface area contributed by atoms with Gasteiger partial charge in [-0.3, -0.25) is 4.79 Å². The summed E-state index contributed by atoms with van der Waals surface area (Å²) in [7, 11) is 0. The van der Waals surface area contributed by atoms with Crippen molar-refractivity contribution in [3.8, 4) is 0 Å². The predicted octanol–water partition coefficient (Wildman–Crippen LogP) is 2.59. The minimum absolute atomic E-state index is 0.0830. The van der Waals surface area contributed by atoms with Gasteiger partial charge in [0.2, 0.25) is 0 Å². The van der Waals surface area contributed by atoms with Crippen molar-refractivity contribution in [3.63, 3.8) is 0 Å². The summed E-state index contributed by atoms with van der Waals surface area (Å²) in [6, 6.07) is 3.39. The van der Waals surface area contributed by atoms with Gasteiger partial charge < -0.3 is 10.1 Å². The van der Waals surface area contributed by atoms with E-state index in [9.17, 15) is 14.0 Å². The molecule has 1 aromatic carbocycles. The second-order valence-electron chi connectivity index (χ2n) is 5.71. The van der Waals surface area contributed by atoms with E-state index < -0.39 is 29.3 Å².